The smallest absolute Gasteiger partial charge is 0.243 e. The van der Waals surface area contributed by atoms with Gasteiger partial charge in [0, 0.05) is 24.6 Å². The van der Waals surface area contributed by atoms with Gasteiger partial charge in [-0.3, -0.25) is 4.79 Å². The van der Waals surface area contributed by atoms with Crippen LogP contribution in [0.15, 0.2) is 77.7 Å². The highest BCUT2D eigenvalue weighted by molar-refractivity contribution is 7.89. The summed E-state index contributed by atoms with van der Waals surface area (Å²) < 4.78 is 41.3. The third-order valence-corrected chi connectivity index (χ3v) is 8.97. The van der Waals surface area contributed by atoms with E-state index in [0.29, 0.717) is 18.5 Å². The first-order chi connectivity index (χ1) is 16.4. The van der Waals surface area contributed by atoms with Crippen LogP contribution in [0.1, 0.15) is 12.8 Å². The number of fused-ring (bicyclic) bond motifs is 1. The summed E-state index contributed by atoms with van der Waals surface area (Å²) in [6.45, 7) is 0.467. The zero-order chi connectivity index (χ0) is 23.7. The van der Waals surface area contributed by atoms with E-state index in [-0.39, 0.29) is 29.8 Å². The lowest BCUT2D eigenvalue weighted by Gasteiger charge is -2.30. The van der Waals surface area contributed by atoms with Crippen LogP contribution >= 0.6 is 11.3 Å². The summed E-state index contributed by atoms with van der Waals surface area (Å²) in [5.41, 5.74) is 2.46. The molecule has 5 rings (SSSR count). The lowest BCUT2D eigenvalue weighted by atomic mass is 9.97. The first-order valence-corrected chi connectivity index (χ1v) is 13.2. The second-order valence-electron chi connectivity index (χ2n) is 8.15. The van der Waals surface area contributed by atoms with Gasteiger partial charge < -0.3 is 5.32 Å². The van der Waals surface area contributed by atoms with Gasteiger partial charge in [-0.05, 0) is 61.4 Å². The molecule has 0 radical (unpaired) electrons. The molecular weight excluding hydrogens is 473 g/mol. The summed E-state index contributed by atoms with van der Waals surface area (Å²) in [7, 11) is -3.71. The molecule has 174 valence electrons. The fourth-order valence-corrected chi connectivity index (χ4v) is 6.59. The maximum Gasteiger partial charge on any atom is 0.243 e. The molecule has 0 saturated carbocycles. The van der Waals surface area contributed by atoms with Crippen LogP contribution in [-0.4, -0.2) is 36.7 Å². The second kappa shape index (κ2) is 9.25. The van der Waals surface area contributed by atoms with Crippen molar-refractivity contribution in [3.05, 3.63) is 78.6 Å². The molecule has 0 bridgehead atoms. The molecule has 1 aromatic heterocycles. The van der Waals surface area contributed by atoms with E-state index >= 15 is 0 Å². The highest BCUT2D eigenvalue weighted by Crippen LogP contribution is 2.35. The van der Waals surface area contributed by atoms with Crippen molar-refractivity contribution < 1.29 is 17.6 Å². The van der Waals surface area contributed by atoms with E-state index in [4.69, 9.17) is 4.98 Å². The molecular formula is C25H22FN3O3S2. The van der Waals surface area contributed by atoms with Crippen molar-refractivity contribution in [3.8, 4) is 10.6 Å². The van der Waals surface area contributed by atoms with Gasteiger partial charge in [0.05, 0.1) is 20.8 Å². The molecule has 2 heterocycles. The van der Waals surface area contributed by atoms with Crippen molar-refractivity contribution in [2.24, 2.45) is 5.92 Å². The van der Waals surface area contributed by atoms with Gasteiger partial charge in [0.25, 0.3) is 0 Å². The molecule has 6 nitrogen and oxygen atoms in total. The number of nitrogens with zero attached hydrogens (tertiary/aromatic N) is 2. The third kappa shape index (κ3) is 4.46. The number of para-hydroxylation sites is 2. The Morgan fingerprint density at radius 2 is 1.65 bits per heavy atom. The summed E-state index contributed by atoms with van der Waals surface area (Å²) in [5, 5.41) is 3.86. The third-order valence-electron chi connectivity index (χ3n) is 5.99. The normalized spacial score (nSPS) is 15.4. The van der Waals surface area contributed by atoms with Crippen molar-refractivity contribution in [1.29, 1.82) is 0 Å². The summed E-state index contributed by atoms with van der Waals surface area (Å²) in [6.07, 6.45) is 0.825. The number of carbonyl (C=O) groups excluding carboxylic acids is 1. The summed E-state index contributed by atoms with van der Waals surface area (Å²) in [5.74, 6) is -0.920. The largest absolute Gasteiger partial charge is 0.325 e. The molecule has 0 atom stereocenters. The topological polar surface area (TPSA) is 79.4 Å². The van der Waals surface area contributed by atoms with E-state index in [2.05, 4.69) is 5.32 Å². The number of hydrogen-bond donors (Lipinski definition) is 1. The first kappa shape index (κ1) is 22.6. The minimum absolute atomic E-state index is 0.0570. The van der Waals surface area contributed by atoms with Crippen molar-refractivity contribution >= 4 is 43.2 Å². The predicted octanol–water partition coefficient (Wildman–Crippen LogP) is 5.14. The summed E-state index contributed by atoms with van der Waals surface area (Å²) in [4.78, 5) is 17.8. The zero-order valence-corrected chi connectivity index (χ0v) is 19.8. The van der Waals surface area contributed by atoms with Crippen molar-refractivity contribution in [3.63, 3.8) is 0 Å². The second-order valence-corrected chi connectivity index (χ2v) is 11.1. The molecule has 1 aliphatic heterocycles. The van der Waals surface area contributed by atoms with Gasteiger partial charge in [-0.25, -0.2) is 17.8 Å². The molecule has 0 unspecified atom stereocenters. The van der Waals surface area contributed by atoms with Crippen LogP contribution in [0.5, 0.6) is 0 Å². The number of sulfonamides is 1. The number of piperidine rings is 1. The number of aromatic nitrogens is 1. The Morgan fingerprint density at radius 3 is 2.38 bits per heavy atom. The number of carbonyl (C=O) groups is 1. The number of thiazole rings is 1. The predicted molar refractivity (Wildman–Crippen MR) is 132 cm³/mol. The fourth-order valence-electron chi connectivity index (χ4n) is 4.11. The van der Waals surface area contributed by atoms with E-state index in [1.54, 1.807) is 11.3 Å². The van der Waals surface area contributed by atoms with Crippen LogP contribution in [0.25, 0.3) is 20.8 Å². The number of amides is 1. The molecule has 1 N–H and O–H groups in total. The van der Waals surface area contributed by atoms with Crippen LogP contribution in [0.3, 0.4) is 0 Å². The molecule has 3 aromatic carbocycles. The average Bonchev–Trinajstić information content (AvgIpc) is 3.29. The minimum atomic E-state index is -3.71. The van der Waals surface area contributed by atoms with E-state index in [1.165, 1.54) is 16.4 Å². The van der Waals surface area contributed by atoms with E-state index < -0.39 is 15.8 Å². The van der Waals surface area contributed by atoms with Crippen LogP contribution in [0, 0.1) is 11.7 Å². The standard InChI is InChI=1S/C25H22FN3O3S2/c26-18-9-11-19(12-10-18)34(31,32)29-15-13-17(14-16-29)24(30)27-21-6-2-1-5-20(21)25-28-22-7-3-4-8-23(22)33-25/h1-12,17H,13-16H2,(H,27,30). The number of halogens is 1. The van der Waals surface area contributed by atoms with Gasteiger partial charge >= 0.3 is 0 Å². The minimum Gasteiger partial charge on any atom is -0.325 e. The summed E-state index contributed by atoms with van der Waals surface area (Å²) in [6, 6.07) is 20.3. The Bertz CT molecular complexity index is 1410. The van der Waals surface area contributed by atoms with Gasteiger partial charge in [-0.2, -0.15) is 4.31 Å². The van der Waals surface area contributed by atoms with Crippen LogP contribution in [0.2, 0.25) is 0 Å². The molecule has 0 spiro atoms. The van der Waals surface area contributed by atoms with Gasteiger partial charge in [-0.15, -0.1) is 11.3 Å². The number of nitrogens with one attached hydrogen (secondary N) is 1. The molecule has 1 amide bonds. The number of benzene rings is 3. The van der Waals surface area contributed by atoms with Crippen molar-refractivity contribution in [1.82, 2.24) is 9.29 Å². The van der Waals surface area contributed by atoms with E-state index in [1.807, 2.05) is 48.5 Å². The molecule has 1 fully saturated rings. The molecule has 34 heavy (non-hydrogen) atoms. The monoisotopic (exact) mass is 495 g/mol. The molecule has 4 aromatic rings. The lowest BCUT2D eigenvalue weighted by Crippen LogP contribution is -2.41. The quantitative estimate of drug-likeness (QED) is 0.416. The molecule has 1 saturated heterocycles. The Morgan fingerprint density at radius 1 is 0.971 bits per heavy atom. The average molecular weight is 496 g/mol. The van der Waals surface area contributed by atoms with Crippen molar-refractivity contribution in [2.45, 2.75) is 17.7 Å². The number of rotatable bonds is 5. The summed E-state index contributed by atoms with van der Waals surface area (Å²) >= 11 is 1.57. The number of anilines is 1. The van der Waals surface area contributed by atoms with Crippen molar-refractivity contribution in [2.75, 3.05) is 18.4 Å². The van der Waals surface area contributed by atoms with E-state index in [9.17, 15) is 17.6 Å². The molecule has 0 aliphatic carbocycles. The highest BCUT2D eigenvalue weighted by Gasteiger charge is 2.32. The highest BCUT2D eigenvalue weighted by atomic mass is 32.2. The SMILES string of the molecule is O=C(Nc1ccccc1-c1nc2ccccc2s1)C1CCN(S(=O)(=O)c2ccc(F)cc2)CC1. The maximum atomic E-state index is 13.2. The Balaban J connectivity index is 1.28. The van der Waals surface area contributed by atoms with Crippen LogP contribution in [-0.2, 0) is 14.8 Å². The number of hydrogen-bond acceptors (Lipinski definition) is 5. The Hall–Kier alpha value is -3.14. The fraction of sp³-hybridized carbons (Fsp3) is 0.200. The van der Waals surface area contributed by atoms with Crippen LogP contribution < -0.4 is 5.32 Å². The van der Waals surface area contributed by atoms with Gasteiger partial charge in [0.15, 0.2) is 0 Å². The van der Waals surface area contributed by atoms with Gasteiger partial charge in [0.1, 0.15) is 10.8 Å². The molecule has 1 aliphatic rings. The first-order valence-electron chi connectivity index (χ1n) is 10.9. The Labute approximate surface area is 201 Å². The Kier molecular flexibility index (Phi) is 6.16. The van der Waals surface area contributed by atoms with Crippen LogP contribution in [0.4, 0.5) is 10.1 Å². The molecule has 9 heteroatoms. The lowest BCUT2D eigenvalue weighted by molar-refractivity contribution is -0.120. The van der Waals surface area contributed by atoms with E-state index in [0.717, 1.165) is 32.9 Å². The van der Waals surface area contributed by atoms with Gasteiger partial charge in [-0.1, -0.05) is 24.3 Å². The van der Waals surface area contributed by atoms with Gasteiger partial charge in [0.2, 0.25) is 15.9 Å². The maximum absolute atomic E-state index is 13.2. The zero-order valence-electron chi connectivity index (χ0n) is 18.1.